The molecule has 1 aliphatic heterocycles. The molecular weight excluding hydrogens is 172 g/mol. The van der Waals surface area contributed by atoms with Crippen molar-refractivity contribution in [1.29, 1.82) is 0 Å². The Morgan fingerprint density at radius 3 is 2.00 bits per heavy atom. The van der Waals surface area contributed by atoms with Gasteiger partial charge in [0.05, 0.1) is 13.1 Å². The lowest BCUT2D eigenvalue weighted by atomic mass is 10.3. The lowest BCUT2D eigenvalue weighted by molar-refractivity contribution is 0.154. The van der Waals surface area contributed by atoms with E-state index in [1.807, 2.05) is 4.31 Å². The zero-order valence-electron chi connectivity index (χ0n) is 8.12. The van der Waals surface area contributed by atoms with E-state index in [4.69, 9.17) is 0 Å². The fourth-order valence-corrected chi connectivity index (χ4v) is 2.15. The van der Waals surface area contributed by atoms with E-state index in [1.54, 1.807) is 6.26 Å². The summed E-state index contributed by atoms with van der Waals surface area (Å²) in [6, 6.07) is 0.623. The van der Waals surface area contributed by atoms with Gasteiger partial charge in [-0.3, -0.25) is 4.90 Å². The molecule has 1 fully saturated rings. The normalized spacial score (nSPS) is 24.8. The van der Waals surface area contributed by atoms with Gasteiger partial charge < -0.3 is 4.55 Å². The molecule has 12 heavy (non-hydrogen) atoms. The molecule has 1 atom stereocenters. The van der Waals surface area contributed by atoms with E-state index in [-0.39, 0.29) is 0 Å². The van der Waals surface area contributed by atoms with Crippen LogP contribution in [-0.2, 0) is 11.4 Å². The molecule has 0 aromatic carbocycles. The van der Waals surface area contributed by atoms with Gasteiger partial charge in [0.2, 0.25) is 0 Å². The predicted octanol–water partition coefficient (Wildman–Crippen LogP) is 0.306. The molecular formula is C8H18N2OS. The topological polar surface area (TPSA) is 29.5 Å². The molecule has 0 saturated carbocycles. The Hall–Kier alpha value is 0.230. The smallest absolute Gasteiger partial charge is 0.115 e. The molecule has 1 unspecified atom stereocenters. The Kier molecular flexibility index (Phi) is 3.83. The lowest BCUT2D eigenvalue weighted by Crippen LogP contribution is -2.50. The molecule has 1 saturated heterocycles. The Bertz CT molecular complexity index is 117. The van der Waals surface area contributed by atoms with Gasteiger partial charge in [0.15, 0.2) is 0 Å². The molecule has 1 rings (SSSR count). The van der Waals surface area contributed by atoms with Crippen LogP contribution in [0.25, 0.3) is 0 Å². The first kappa shape index (κ1) is 10.3. The van der Waals surface area contributed by atoms with Gasteiger partial charge in [0, 0.05) is 30.5 Å². The van der Waals surface area contributed by atoms with Crippen LogP contribution in [0.3, 0.4) is 0 Å². The van der Waals surface area contributed by atoms with Gasteiger partial charge in [-0.2, -0.15) is 0 Å². The third-order valence-electron chi connectivity index (χ3n) is 2.37. The van der Waals surface area contributed by atoms with Crippen LogP contribution in [0.1, 0.15) is 13.8 Å². The summed E-state index contributed by atoms with van der Waals surface area (Å²) in [6.45, 7) is 8.41. The second-order valence-electron chi connectivity index (χ2n) is 3.48. The van der Waals surface area contributed by atoms with Crippen LogP contribution in [-0.4, -0.2) is 52.2 Å². The van der Waals surface area contributed by atoms with E-state index in [2.05, 4.69) is 18.7 Å². The van der Waals surface area contributed by atoms with Gasteiger partial charge >= 0.3 is 0 Å². The van der Waals surface area contributed by atoms with E-state index in [9.17, 15) is 4.55 Å². The quantitative estimate of drug-likeness (QED) is 0.587. The lowest BCUT2D eigenvalue weighted by Gasteiger charge is -2.35. The molecule has 0 spiro atoms. The molecule has 0 aliphatic carbocycles. The molecule has 0 aromatic heterocycles. The van der Waals surface area contributed by atoms with Crippen molar-refractivity contribution in [2.24, 2.45) is 0 Å². The van der Waals surface area contributed by atoms with Gasteiger partial charge in [-0.05, 0) is 13.8 Å². The number of rotatable bonds is 2. The van der Waals surface area contributed by atoms with Gasteiger partial charge in [-0.15, -0.1) is 4.31 Å². The van der Waals surface area contributed by atoms with Crippen molar-refractivity contribution in [2.45, 2.75) is 19.9 Å². The highest BCUT2D eigenvalue weighted by atomic mass is 32.2. The monoisotopic (exact) mass is 190 g/mol. The average molecular weight is 190 g/mol. The van der Waals surface area contributed by atoms with Crippen LogP contribution in [0.2, 0.25) is 0 Å². The third-order valence-corrected chi connectivity index (χ3v) is 3.46. The summed E-state index contributed by atoms with van der Waals surface area (Å²) < 4.78 is 13.1. The summed E-state index contributed by atoms with van der Waals surface area (Å²) >= 11 is -0.774. The maximum absolute atomic E-state index is 11.1. The third kappa shape index (κ3) is 2.62. The average Bonchev–Trinajstić information content (AvgIpc) is 2.04. The van der Waals surface area contributed by atoms with Gasteiger partial charge in [-0.25, -0.2) is 0 Å². The molecule has 4 heteroatoms. The highest BCUT2D eigenvalue weighted by Gasteiger charge is 2.23. The Balaban J connectivity index is 2.30. The van der Waals surface area contributed by atoms with Crippen molar-refractivity contribution in [2.75, 3.05) is 32.4 Å². The van der Waals surface area contributed by atoms with E-state index >= 15 is 0 Å². The first-order valence-electron chi connectivity index (χ1n) is 4.44. The predicted molar refractivity (Wildman–Crippen MR) is 52.3 cm³/mol. The fourth-order valence-electron chi connectivity index (χ4n) is 1.48. The minimum Gasteiger partial charge on any atom is -0.598 e. The van der Waals surface area contributed by atoms with E-state index in [0.717, 1.165) is 26.2 Å². The summed E-state index contributed by atoms with van der Waals surface area (Å²) in [5.74, 6) is 0. The van der Waals surface area contributed by atoms with Crippen molar-refractivity contribution in [3.8, 4) is 0 Å². The van der Waals surface area contributed by atoms with Crippen molar-refractivity contribution in [1.82, 2.24) is 9.21 Å². The molecule has 0 amide bonds. The highest BCUT2D eigenvalue weighted by Crippen LogP contribution is 2.08. The van der Waals surface area contributed by atoms with Crippen LogP contribution in [0.15, 0.2) is 0 Å². The maximum atomic E-state index is 11.1. The van der Waals surface area contributed by atoms with Crippen LogP contribution >= 0.6 is 0 Å². The first-order chi connectivity index (χ1) is 5.61. The van der Waals surface area contributed by atoms with Crippen LogP contribution < -0.4 is 0 Å². The molecule has 0 N–H and O–H groups in total. The van der Waals surface area contributed by atoms with Crippen LogP contribution in [0.4, 0.5) is 0 Å². The Labute approximate surface area is 78.0 Å². The molecule has 0 bridgehead atoms. The molecule has 3 nitrogen and oxygen atoms in total. The number of nitrogens with zero attached hydrogens (tertiary/aromatic N) is 2. The largest absolute Gasteiger partial charge is 0.598 e. The highest BCUT2D eigenvalue weighted by molar-refractivity contribution is 7.88. The van der Waals surface area contributed by atoms with E-state index < -0.39 is 11.4 Å². The second kappa shape index (κ2) is 4.46. The SMILES string of the molecule is CC(C)N1CCN([S+](C)[O-])CC1. The summed E-state index contributed by atoms with van der Waals surface area (Å²) in [5, 5.41) is 0. The summed E-state index contributed by atoms with van der Waals surface area (Å²) in [7, 11) is 0. The van der Waals surface area contributed by atoms with Crippen LogP contribution in [0.5, 0.6) is 0 Å². The van der Waals surface area contributed by atoms with E-state index in [1.165, 1.54) is 0 Å². The zero-order valence-corrected chi connectivity index (χ0v) is 8.93. The van der Waals surface area contributed by atoms with E-state index in [0.29, 0.717) is 6.04 Å². The maximum Gasteiger partial charge on any atom is 0.115 e. The van der Waals surface area contributed by atoms with Gasteiger partial charge in [0.1, 0.15) is 6.26 Å². The molecule has 1 aliphatic rings. The molecule has 1 heterocycles. The fraction of sp³-hybridized carbons (Fsp3) is 1.00. The van der Waals surface area contributed by atoms with Crippen molar-refractivity contribution in [3.05, 3.63) is 0 Å². The Morgan fingerprint density at radius 2 is 1.67 bits per heavy atom. The van der Waals surface area contributed by atoms with Gasteiger partial charge in [0.25, 0.3) is 0 Å². The summed E-state index contributed by atoms with van der Waals surface area (Å²) in [5.41, 5.74) is 0. The number of hydrogen-bond donors (Lipinski definition) is 0. The van der Waals surface area contributed by atoms with Crippen LogP contribution in [0, 0.1) is 0 Å². The molecule has 0 radical (unpaired) electrons. The minimum atomic E-state index is -0.774. The molecule has 72 valence electrons. The second-order valence-corrected chi connectivity index (χ2v) is 4.85. The first-order valence-corrected chi connectivity index (χ1v) is 5.95. The minimum absolute atomic E-state index is 0.623. The van der Waals surface area contributed by atoms with Crippen molar-refractivity contribution in [3.63, 3.8) is 0 Å². The zero-order chi connectivity index (χ0) is 9.14. The summed E-state index contributed by atoms with van der Waals surface area (Å²) in [4.78, 5) is 2.42. The number of piperazine rings is 1. The Morgan fingerprint density at radius 1 is 1.17 bits per heavy atom. The standard InChI is InChI=1S/C8H18N2OS/c1-8(2)9-4-6-10(7-5-9)12(3)11/h8H,4-7H2,1-3H3. The van der Waals surface area contributed by atoms with Crippen molar-refractivity contribution < 1.29 is 4.55 Å². The van der Waals surface area contributed by atoms with Crippen molar-refractivity contribution >= 4 is 11.4 Å². The number of hydrogen-bond acceptors (Lipinski definition) is 3. The van der Waals surface area contributed by atoms with Gasteiger partial charge in [-0.1, -0.05) is 0 Å². The molecule has 0 aromatic rings. The summed E-state index contributed by atoms with van der Waals surface area (Å²) in [6.07, 6.45) is 1.75.